The number of aryl methyl sites for hydroxylation is 3. The molecule has 0 aliphatic carbocycles. The number of aromatic nitrogens is 1. The maximum absolute atomic E-state index is 13.6. The van der Waals surface area contributed by atoms with Gasteiger partial charge in [0.1, 0.15) is 0 Å². The number of hydrogen-bond donors (Lipinski definition) is 1. The molecule has 0 atom stereocenters. The first-order chi connectivity index (χ1) is 14.8. The molecule has 4 rings (SSSR count). The Balaban J connectivity index is 1.84. The Bertz CT molecular complexity index is 1360. The summed E-state index contributed by atoms with van der Waals surface area (Å²) in [5, 5.41) is 1.31. The van der Waals surface area contributed by atoms with Crippen molar-refractivity contribution in [3.63, 3.8) is 0 Å². The number of nitrogens with one attached hydrogen (secondary N) is 1. The molecule has 156 valence electrons. The number of aromatic amines is 1. The van der Waals surface area contributed by atoms with Gasteiger partial charge in [0.2, 0.25) is 0 Å². The van der Waals surface area contributed by atoms with E-state index in [-0.39, 0.29) is 18.0 Å². The quantitative estimate of drug-likeness (QED) is 0.434. The maximum atomic E-state index is 13.6. The summed E-state index contributed by atoms with van der Waals surface area (Å²) in [7, 11) is 0. The highest BCUT2D eigenvalue weighted by molar-refractivity contribution is 6.34. The molecule has 0 saturated heterocycles. The zero-order chi connectivity index (χ0) is 22.1. The number of amides is 1. The number of carbonyl (C=O) groups is 1. The molecule has 5 heteroatoms. The van der Waals surface area contributed by atoms with Gasteiger partial charge in [-0.15, -0.1) is 0 Å². The Morgan fingerprint density at radius 3 is 2.45 bits per heavy atom. The number of fused-ring (bicyclic) bond motifs is 1. The average molecular weight is 431 g/mol. The van der Waals surface area contributed by atoms with Crippen molar-refractivity contribution in [2.75, 3.05) is 4.90 Å². The van der Waals surface area contributed by atoms with Gasteiger partial charge in [-0.25, -0.2) is 0 Å². The zero-order valence-electron chi connectivity index (χ0n) is 17.7. The van der Waals surface area contributed by atoms with Gasteiger partial charge in [-0.05, 0) is 61.5 Å². The number of nitrogens with zero attached hydrogens (tertiary/aromatic N) is 1. The fourth-order valence-corrected chi connectivity index (χ4v) is 4.09. The van der Waals surface area contributed by atoms with E-state index in [1.165, 1.54) is 0 Å². The lowest BCUT2D eigenvalue weighted by Crippen LogP contribution is -2.33. The number of H-pyrrole nitrogens is 1. The molecule has 1 heterocycles. The second-order valence-corrected chi connectivity index (χ2v) is 8.23. The highest BCUT2D eigenvalue weighted by atomic mass is 35.5. The van der Waals surface area contributed by atoms with E-state index in [4.69, 9.17) is 11.6 Å². The smallest absolute Gasteiger partial charge is 0.260 e. The third-order valence-corrected chi connectivity index (χ3v) is 5.82. The van der Waals surface area contributed by atoms with E-state index >= 15 is 0 Å². The summed E-state index contributed by atoms with van der Waals surface area (Å²) >= 11 is 6.33. The van der Waals surface area contributed by atoms with Gasteiger partial charge < -0.3 is 9.88 Å². The molecule has 4 aromatic rings. The van der Waals surface area contributed by atoms with Crippen LogP contribution in [-0.2, 0) is 6.54 Å². The molecule has 4 nitrogen and oxygen atoms in total. The highest BCUT2D eigenvalue weighted by Crippen LogP contribution is 2.27. The summed E-state index contributed by atoms with van der Waals surface area (Å²) in [5.74, 6) is -0.249. The zero-order valence-corrected chi connectivity index (χ0v) is 18.5. The minimum Gasteiger partial charge on any atom is -0.321 e. The Kier molecular flexibility index (Phi) is 5.66. The molecule has 31 heavy (non-hydrogen) atoms. The molecule has 0 aliphatic rings. The molecule has 0 aliphatic heterocycles. The highest BCUT2D eigenvalue weighted by Gasteiger charge is 2.23. The Morgan fingerprint density at radius 1 is 0.935 bits per heavy atom. The van der Waals surface area contributed by atoms with Crippen LogP contribution in [0.15, 0.2) is 71.5 Å². The molecule has 0 unspecified atom stereocenters. The predicted octanol–water partition coefficient (Wildman–Crippen LogP) is 5.95. The van der Waals surface area contributed by atoms with Crippen molar-refractivity contribution in [3.05, 3.63) is 110 Å². The van der Waals surface area contributed by atoms with Crippen LogP contribution >= 0.6 is 11.6 Å². The van der Waals surface area contributed by atoms with E-state index in [0.29, 0.717) is 16.1 Å². The molecule has 1 amide bonds. The van der Waals surface area contributed by atoms with Crippen LogP contribution in [0.3, 0.4) is 0 Å². The number of rotatable bonds is 4. The largest absolute Gasteiger partial charge is 0.321 e. The molecular weight excluding hydrogens is 408 g/mol. The van der Waals surface area contributed by atoms with Gasteiger partial charge in [-0.1, -0.05) is 59.6 Å². The van der Waals surface area contributed by atoms with Crippen molar-refractivity contribution in [1.29, 1.82) is 0 Å². The molecular formula is C26H23ClN2O2. The lowest BCUT2D eigenvalue weighted by molar-refractivity contribution is 0.0985. The number of para-hydroxylation sites is 1. The van der Waals surface area contributed by atoms with Gasteiger partial charge >= 0.3 is 0 Å². The van der Waals surface area contributed by atoms with Gasteiger partial charge in [0.25, 0.3) is 11.5 Å². The molecule has 0 spiro atoms. The Hall–Kier alpha value is -3.37. The summed E-state index contributed by atoms with van der Waals surface area (Å²) in [5.41, 5.74) is 5.32. The predicted molar refractivity (Wildman–Crippen MR) is 127 cm³/mol. The average Bonchev–Trinajstić information content (AvgIpc) is 2.73. The second kappa shape index (κ2) is 8.40. The van der Waals surface area contributed by atoms with E-state index in [1.807, 2.05) is 63.2 Å². The lowest BCUT2D eigenvalue weighted by Gasteiger charge is -2.25. The molecule has 1 N–H and O–H groups in total. The minimum atomic E-state index is -0.249. The van der Waals surface area contributed by atoms with Gasteiger partial charge in [-0.2, -0.15) is 0 Å². The van der Waals surface area contributed by atoms with Crippen LogP contribution < -0.4 is 10.5 Å². The number of pyridine rings is 1. The molecule has 0 radical (unpaired) electrons. The van der Waals surface area contributed by atoms with Gasteiger partial charge in [0.05, 0.1) is 22.6 Å². The van der Waals surface area contributed by atoms with Crippen molar-refractivity contribution >= 4 is 34.1 Å². The molecule has 3 aromatic carbocycles. The van der Waals surface area contributed by atoms with Crippen LogP contribution in [0.2, 0.25) is 5.02 Å². The van der Waals surface area contributed by atoms with Gasteiger partial charge in [0.15, 0.2) is 0 Å². The third kappa shape index (κ3) is 4.12. The van der Waals surface area contributed by atoms with E-state index < -0.39 is 0 Å². The fourth-order valence-electron chi connectivity index (χ4n) is 3.87. The summed E-state index contributed by atoms with van der Waals surface area (Å²) < 4.78 is 0. The van der Waals surface area contributed by atoms with Crippen LogP contribution in [0, 0.1) is 20.8 Å². The van der Waals surface area contributed by atoms with Crippen molar-refractivity contribution in [1.82, 2.24) is 4.98 Å². The van der Waals surface area contributed by atoms with E-state index in [9.17, 15) is 9.59 Å². The number of benzene rings is 3. The maximum Gasteiger partial charge on any atom is 0.260 e. The van der Waals surface area contributed by atoms with Crippen LogP contribution in [-0.4, -0.2) is 10.9 Å². The van der Waals surface area contributed by atoms with Crippen LogP contribution in [0.4, 0.5) is 5.69 Å². The van der Waals surface area contributed by atoms with Crippen LogP contribution in [0.5, 0.6) is 0 Å². The summed E-state index contributed by atoms with van der Waals surface area (Å²) in [6.45, 7) is 6.06. The van der Waals surface area contributed by atoms with Crippen molar-refractivity contribution in [2.45, 2.75) is 27.3 Å². The topological polar surface area (TPSA) is 53.2 Å². The first-order valence-electron chi connectivity index (χ1n) is 10.1. The summed E-state index contributed by atoms with van der Waals surface area (Å²) in [4.78, 5) is 31.1. The summed E-state index contributed by atoms with van der Waals surface area (Å²) in [6, 6.07) is 20.6. The number of hydrogen-bond acceptors (Lipinski definition) is 2. The van der Waals surface area contributed by atoms with Crippen molar-refractivity contribution in [3.8, 4) is 0 Å². The van der Waals surface area contributed by atoms with Crippen LogP contribution in [0.25, 0.3) is 10.9 Å². The monoisotopic (exact) mass is 430 g/mol. The number of carbonyl (C=O) groups excluding carboxylic acids is 1. The number of anilines is 1. The Labute approximate surface area is 186 Å². The van der Waals surface area contributed by atoms with Crippen molar-refractivity contribution in [2.24, 2.45) is 0 Å². The Morgan fingerprint density at radius 2 is 1.71 bits per heavy atom. The van der Waals surface area contributed by atoms with E-state index in [1.54, 1.807) is 29.2 Å². The minimum absolute atomic E-state index is 0.132. The molecule has 0 saturated carbocycles. The SMILES string of the molecule is Cc1ccc(N(Cc2cc3cccc(C)c3[nH]c2=O)C(=O)c2ccccc2Cl)c(C)c1. The lowest BCUT2D eigenvalue weighted by atomic mass is 10.1. The summed E-state index contributed by atoms with van der Waals surface area (Å²) in [6.07, 6.45) is 0. The van der Waals surface area contributed by atoms with E-state index in [0.717, 1.165) is 33.3 Å². The van der Waals surface area contributed by atoms with Gasteiger partial charge in [-0.3, -0.25) is 9.59 Å². The molecule has 0 bridgehead atoms. The van der Waals surface area contributed by atoms with Gasteiger partial charge in [0, 0.05) is 11.3 Å². The number of halogens is 1. The van der Waals surface area contributed by atoms with Crippen molar-refractivity contribution < 1.29 is 4.79 Å². The fraction of sp³-hybridized carbons (Fsp3) is 0.154. The van der Waals surface area contributed by atoms with Crippen LogP contribution in [0.1, 0.15) is 32.6 Å². The molecule has 1 aromatic heterocycles. The molecule has 0 fully saturated rings. The first-order valence-corrected chi connectivity index (χ1v) is 10.5. The second-order valence-electron chi connectivity index (χ2n) is 7.82. The third-order valence-electron chi connectivity index (χ3n) is 5.49. The first kappa shape index (κ1) is 20.9. The normalized spacial score (nSPS) is 11.0. The standard InChI is InChI=1S/C26H23ClN2O2/c1-16-11-12-23(18(3)13-16)29(26(31)21-9-4-5-10-22(21)27)15-20-14-19-8-6-7-17(2)24(19)28-25(20)30/h4-14H,15H2,1-3H3,(H,28,30). The van der Waals surface area contributed by atoms with E-state index in [2.05, 4.69) is 4.98 Å².